The minimum Gasteiger partial charge on any atom is -0.327 e. The van der Waals surface area contributed by atoms with E-state index in [2.05, 4.69) is 0 Å². The first-order chi connectivity index (χ1) is 9.37. The average molecular weight is 304 g/mol. The summed E-state index contributed by atoms with van der Waals surface area (Å²) in [5.41, 5.74) is 5.92. The monoisotopic (exact) mass is 304 g/mol. The third kappa shape index (κ3) is 2.70. The van der Waals surface area contributed by atoms with Crippen LogP contribution < -0.4 is 5.73 Å². The zero-order valence-corrected chi connectivity index (χ0v) is 12.0. The van der Waals surface area contributed by atoms with E-state index in [1.165, 1.54) is 0 Å². The summed E-state index contributed by atoms with van der Waals surface area (Å²) in [7, 11) is -4.16. The van der Waals surface area contributed by atoms with Crippen molar-refractivity contribution in [3.8, 4) is 0 Å². The molecule has 1 aromatic rings. The average Bonchev–Trinajstić information content (AvgIpc) is 2.38. The van der Waals surface area contributed by atoms with Gasteiger partial charge in [0, 0.05) is 19.1 Å². The normalized spacial score (nSPS) is 24.8. The van der Waals surface area contributed by atoms with Crippen molar-refractivity contribution in [1.29, 1.82) is 0 Å². The lowest BCUT2D eigenvalue weighted by Crippen LogP contribution is -2.49. The largest absolute Gasteiger partial charge is 0.327 e. The Labute approximate surface area is 117 Å². The van der Waals surface area contributed by atoms with Crippen LogP contribution in [-0.4, -0.2) is 31.9 Å². The Hall–Kier alpha value is -1.05. The highest BCUT2D eigenvalue weighted by atomic mass is 32.2. The first-order valence-electron chi connectivity index (χ1n) is 6.57. The van der Waals surface area contributed by atoms with E-state index in [9.17, 15) is 17.2 Å². The van der Waals surface area contributed by atoms with Gasteiger partial charge < -0.3 is 5.73 Å². The minimum absolute atomic E-state index is 0.00774. The van der Waals surface area contributed by atoms with Gasteiger partial charge in [0.25, 0.3) is 0 Å². The SMILES string of the molecule is CCC1CN(S(=O)(=O)c2c(F)cccc2F)CCC1N. The highest BCUT2D eigenvalue weighted by molar-refractivity contribution is 7.89. The summed E-state index contributed by atoms with van der Waals surface area (Å²) in [4.78, 5) is -0.870. The third-order valence-corrected chi connectivity index (χ3v) is 5.71. The highest BCUT2D eigenvalue weighted by Gasteiger charge is 2.36. The molecular weight excluding hydrogens is 286 g/mol. The zero-order chi connectivity index (χ0) is 14.9. The summed E-state index contributed by atoms with van der Waals surface area (Å²) < 4.78 is 53.3. The molecule has 1 heterocycles. The minimum atomic E-state index is -4.16. The second-order valence-corrected chi connectivity index (χ2v) is 6.91. The van der Waals surface area contributed by atoms with E-state index in [0.29, 0.717) is 6.42 Å². The van der Waals surface area contributed by atoms with Gasteiger partial charge in [-0.25, -0.2) is 17.2 Å². The third-order valence-electron chi connectivity index (χ3n) is 3.80. The number of nitrogens with two attached hydrogens (primary N) is 1. The van der Waals surface area contributed by atoms with Gasteiger partial charge in [0.1, 0.15) is 11.6 Å². The first kappa shape index (κ1) is 15.3. The number of rotatable bonds is 3. The second kappa shape index (κ2) is 5.75. The fourth-order valence-electron chi connectivity index (χ4n) is 2.53. The van der Waals surface area contributed by atoms with Crippen molar-refractivity contribution < 1.29 is 17.2 Å². The van der Waals surface area contributed by atoms with E-state index in [0.717, 1.165) is 28.9 Å². The van der Waals surface area contributed by atoms with E-state index in [-0.39, 0.29) is 25.0 Å². The molecule has 2 rings (SSSR count). The summed E-state index contributed by atoms with van der Waals surface area (Å²) in [5.74, 6) is -2.12. The lowest BCUT2D eigenvalue weighted by molar-refractivity contribution is 0.229. The Bertz CT molecular complexity index is 572. The number of sulfonamides is 1. The molecule has 2 atom stereocenters. The Morgan fingerprint density at radius 3 is 2.50 bits per heavy atom. The van der Waals surface area contributed by atoms with E-state index < -0.39 is 26.6 Å². The van der Waals surface area contributed by atoms with Crippen LogP contribution in [0.1, 0.15) is 19.8 Å². The van der Waals surface area contributed by atoms with Crippen LogP contribution >= 0.6 is 0 Å². The summed E-state index contributed by atoms with van der Waals surface area (Å²) in [5, 5.41) is 0. The molecular formula is C13H18F2N2O2S. The molecule has 0 amide bonds. The van der Waals surface area contributed by atoms with E-state index >= 15 is 0 Å². The molecule has 1 aliphatic heterocycles. The van der Waals surface area contributed by atoms with Crippen molar-refractivity contribution in [2.24, 2.45) is 11.7 Å². The molecule has 7 heteroatoms. The molecule has 0 radical (unpaired) electrons. The predicted molar refractivity (Wildman–Crippen MR) is 71.5 cm³/mol. The van der Waals surface area contributed by atoms with Gasteiger partial charge in [0.05, 0.1) is 0 Å². The van der Waals surface area contributed by atoms with Crippen molar-refractivity contribution in [2.75, 3.05) is 13.1 Å². The lowest BCUT2D eigenvalue weighted by Gasteiger charge is -2.35. The molecule has 2 N–H and O–H groups in total. The molecule has 0 bridgehead atoms. The maximum absolute atomic E-state index is 13.7. The second-order valence-electron chi connectivity index (χ2n) is 5.03. The molecule has 0 spiro atoms. The predicted octanol–water partition coefficient (Wildman–Crippen LogP) is 1.71. The number of hydrogen-bond acceptors (Lipinski definition) is 3. The van der Waals surface area contributed by atoms with E-state index in [4.69, 9.17) is 5.73 Å². The van der Waals surface area contributed by atoms with E-state index in [1.807, 2.05) is 6.92 Å². The van der Waals surface area contributed by atoms with Crippen molar-refractivity contribution in [3.05, 3.63) is 29.8 Å². The van der Waals surface area contributed by atoms with Crippen LogP contribution in [0.2, 0.25) is 0 Å². The molecule has 2 unspecified atom stereocenters. The van der Waals surface area contributed by atoms with Crippen molar-refractivity contribution in [1.82, 2.24) is 4.31 Å². The molecule has 1 aromatic carbocycles. The van der Waals surface area contributed by atoms with Crippen molar-refractivity contribution in [2.45, 2.75) is 30.7 Å². The molecule has 0 aliphatic carbocycles. The smallest absolute Gasteiger partial charge is 0.248 e. The van der Waals surface area contributed by atoms with Crippen molar-refractivity contribution >= 4 is 10.0 Å². The van der Waals surface area contributed by atoms with Gasteiger partial charge in [0.15, 0.2) is 4.90 Å². The summed E-state index contributed by atoms with van der Waals surface area (Å²) in [6.45, 7) is 2.31. The van der Waals surface area contributed by atoms with Gasteiger partial charge in [-0.3, -0.25) is 0 Å². The molecule has 1 aliphatic rings. The van der Waals surface area contributed by atoms with Crippen LogP contribution in [0.15, 0.2) is 23.1 Å². The zero-order valence-electron chi connectivity index (χ0n) is 11.2. The van der Waals surface area contributed by atoms with Crippen LogP contribution in [0.3, 0.4) is 0 Å². The Balaban J connectivity index is 2.36. The maximum atomic E-state index is 13.7. The molecule has 1 saturated heterocycles. The Kier molecular flexibility index (Phi) is 4.41. The number of benzene rings is 1. The fourth-order valence-corrected chi connectivity index (χ4v) is 4.15. The van der Waals surface area contributed by atoms with Crippen LogP contribution in [0, 0.1) is 17.6 Å². The molecule has 1 fully saturated rings. The first-order valence-corrected chi connectivity index (χ1v) is 8.01. The number of hydrogen-bond donors (Lipinski definition) is 1. The van der Waals surface area contributed by atoms with Gasteiger partial charge in [-0.15, -0.1) is 0 Å². The lowest BCUT2D eigenvalue weighted by atomic mass is 9.92. The molecule has 112 valence electrons. The van der Waals surface area contributed by atoms with Crippen LogP contribution in [0.4, 0.5) is 8.78 Å². The fraction of sp³-hybridized carbons (Fsp3) is 0.538. The number of halogens is 2. The van der Waals surface area contributed by atoms with Crippen LogP contribution in [-0.2, 0) is 10.0 Å². The number of piperidine rings is 1. The Morgan fingerprint density at radius 2 is 1.95 bits per heavy atom. The van der Waals surface area contributed by atoms with Gasteiger partial charge in [-0.05, 0) is 24.5 Å². The van der Waals surface area contributed by atoms with Gasteiger partial charge in [-0.1, -0.05) is 19.4 Å². The topological polar surface area (TPSA) is 63.4 Å². The Morgan fingerprint density at radius 1 is 1.35 bits per heavy atom. The molecule has 20 heavy (non-hydrogen) atoms. The quantitative estimate of drug-likeness (QED) is 0.924. The highest BCUT2D eigenvalue weighted by Crippen LogP contribution is 2.27. The molecule has 0 aromatic heterocycles. The van der Waals surface area contributed by atoms with Crippen molar-refractivity contribution in [3.63, 3.8) is 0 Å². The van der Waals surface area contributed by atoms with Crippen LogP contribution in [0.5, 0.6) is 0 Å². The summed E-state index contributed by atoms with van der Waals surface area (Å²) in [6, 6.07) is 2.97. The van der Waals surface area contributed by atoms with Crippen LogP contribution in [0.25, 0.3) is 0 Å². The standard InChI is InChI=1S/C13H18F2N2O2S/c1-2-9-8-17(7-6-12(9)16)20(18,19)13-10(14)4-3-5-11(13)15/h3-5,9,12H,2,6-8,16H2,1H3. The number of nitrogens with zero attached hydrogens (tertiary/aromatic N) is 1. The van der Waals surface area contributed by atoms with Gasteiger partial charge in [0.2, 0.25) is 10.0 Å². The van der Waals surface area contributed by atoms with Gasteiger partial charge in [-0.2, -0.15) is 4.31 Å². The molecule has 4 nitrogen and oxygen atoms in total. The summed E-state index contributed by atoms with van der Waals surface area (Å²) >= 11 is 0. The maximum Gasteiger partial charge on any atom is 0.248 e. The molecule has 0 saturated carbocycles. The van der Waals surface area contributed by atoms with Gasteiger partial charge >= 0.3 is 0 Å². The summed E-state index contributed by atoms with van der Waals surface area (Å²) in [6.07, 6.45) is 1.22. The van der Waals surface area contributed by atoms with E-state index in [1.54, 1.807) is 0 Å².